The zero-order valence-corrected chi connectivity index (χ0v) is 9.36. The first-order valence-corrected chi connectivity index (χ1v) is 5.03. The predicted octanol–water partition coefficient (Wildman–Crippen LogP) is 0.840. The van der Waals surface area contributed by atoms with E-state index >= 15 is 0 Å². The Kier molecular flexibility index (Phi) is 4.81. The molecule has 0 aromatic carbocycles. The molecule has 1 heterocycles. The van der Waals surface area contributed by atoms with Crippen molar-refractivity contribution in [2.24, 2.45) is 0 Å². The Morgan fingerprint density at radius 1 is 1.21 bits per heavy atom. The van der Waals surface area contributed by atoms with Crippen molar-refractivity contribution >= 4 is 0 Å². The van der Waals surface area contributed by atoms with Crippen LogP contribution < -0.4 is 0 Å². The first-order valence-electron chi connectivity index (χ1n) is 5.03. The van der Waals surface area contributed by atoms with E-state index < -0.39 is 0 Å². The van der Waals surface area contributed by atoms with Crippen LogP contribution in [0.5, 0.6) is 0 Å². The fourth-order valence-corrected chi connectivity index (χ4v) is 1.84. The van der Waals surface area contributed by atoms with Crippen LogP contribution in [0, 0.1) is 0 Å². The number of hydrogen-bond acceptors (Lipinski definition) is 4. The van der Waals surface area contributed by atoms with Crippen LogP contribution in [0.25, 0.3) is 0 Å². The number of hydrogen-bond donors (Lipinski definition) is 0. The Balaban J connectivity index is 2.64. The summed E-state index contributed by atoms with van der Waals surface area (Å²) in [5, 5.41) is 0. The van der Waals surface area contributed by atoms with E-state index in [4.69, 9.17) is 18.9 Å². The highest BCUT2D eigenvalue weighted by molar-refractivity contribution is 4.87. The molecule has 0 amide bonds. The molecule has 1 aliphatic rings. The van der Waals surface area contributed by atoms with Crippen molar-refractivity contribution in [3.63, 3.8) is 0 Å². The van der Waals surface area contributed by atoms with Gasteiger partial charge in [0.2, 0.25) is 0 Å². The Morgan fingerprint density at radius 3 is 2.43 bits per heavy atom. The number of ether oxygens (including phenoxy) is 4. The minimum atomic E-state index is -0.0475. The molecule has 0 spiro atoms. The van der Waals surface area contributed by atoms with Gasteiger partial charge >= 0.3 is 0 Å². The lowest BCUT2D eigenvalue weighted by Gasteiger charge is -2.39. The summed E-state index contributed by atoms with van der Waals surface area (Å²) in [5.74, 6) is 0. The third kappa shape index (κ3) is 2.45. The highest BCUT2D eigenvalue weighted by Crippen LogP contribution is 2.22. The van der Waals surface area contributed by atoms with E-state index in [2.05, 4.69) is 0 Å². The maximum Gasteiger partial charge on any atom is 0.114 e. The molecule has 1 rings (SSSR count). The van der Waals surface area contributed by atoms with Crippen molar-refractivity contribution < 1.29 is 18.9 Å². The van der Waals surface area contributed by atoms with Crippen LogP contribution in [0.4, 0.5) is 0 Å². The topological polar surface area (TPSA) is 36.9 Å². The van der Waals surface area contributed by atoms with Gasteiger partial charge in [-0.3, -0.25) is 0 Å². The Hall–Kier alpha value is -0.160. The highest BCUT2D eigenvalue weighted by Gasteiger charge is 2.39. The van der Waals surface area contributed by atoms with Crippen molar-refractivity contribution in [1.82, 2.24) is 0 Å². The van der Waals surface area contributed by atoms with Gasteiger partial charge in [0.25, 0.3) is 0 Å². The van der Waals surface area contributed by atoms with Crippen molar-refractivity contribution in [2.45, 2.75) is 38.3 Å². The predicted molar refractivity (Wildman–Crippen MR) is 52.4 cm³/mol. The molecule has 4 heteroatoms. The summed E-state index contributed by atoms with van der Waals surface area (Å²) in [6.07, 6.45) is -0.0496. The average Bonchev–Trinajstić information content (AvgIpc) is 2.19. The van der Waals surface area contributed by atoms with Gasteiger partial charge in [-0.2, -0.15) is 0 Å². The average molecular weight is 204 g/mol. The summed E-state index contributed by atoms with van der Waals surface area (Å²) in [7, 11) is 3.34. The van der Waals surface area contributed by atoms with Crippen molar-refractivity contribution in [3.8, 4) is 0 Å². The van der Waals surface area contributed by atoms with Crippen molar-refractivity contribution in [3.05, 3.63) is 0 Å². The van der Waals surface area contributed by atoms with Crippen molar-refractivity contribution in [2.75, 3.05) is 27.4 Å². The van der Waals surface area contributed by atoms with E-state index in [0.29, 0.717) is 13.2 Å². The Morgan fingerprint density at radius 2 is 1.93 bits per heavy atom. The van der Waals surface area contributed by atoms with E-state index in [1.54, 1.807) is 14.2 Å². The molecule has 0 radical (unpaired) electrons. The van der Waals surface area contributed by atoms with Crippen LogP contribution in [0.3, 0.4) is 0 Å². The van der Waals surface area contributed by atoms with E-state index in [1.807, 2.05) is 13.8 Å². The van der Waals surface area contributed by atoms with Crippen LogP contribution in [-0.4, -0.2) is 51.8 Å². The van der Waals surface area contributed by atoms with Gasteiger partial charge in [-0.1, -0.05) is 0 Å². The first kappa shape index (κ1) is 11.9. The molecule has 1 fully saturated rings. The molecule has 4 nitrogen and oxygen atoms in total. The lowest BCUT2D eigenvalue weighted by atomic mass is 10.0. The molecular weight excluding hydrogens is 184 g/mol. The van der Waals surface area contributed by atoms with Gasteiger partial charge in [0, 0.05) is 20.8 Å². The molecular formula is C10H20O4. The maximum atomic E-state index is 5.63. The zero-order chi connectivity index (χ0) is 10.6. The largest absolute Gasteiger partial charge is 0.376 e. The van der Waals surface area contributed by atoms with E-state index in [9.17, 15) is 0 Å². The maximum absolute atomic E-state index is 5.63. The van der Waals surface area contributed by atoms with Crippen molar-refractivity contribution in [1.29, 1.82) is 0 Å². The summed E-state index contributed by atoms with van der Waals surface area (Å²) in [4.78, 5) is 0. The number of methoxy groups -OCH3 is 2. The van der Waals surface area contributed by atoms with E-state index in [1.165, 1.54) is 0 Å². The number of rotatable bonds is 4. The minimum absolute atomic E-state index is 0.0289. The summed E-state index contributed by atoms with van der Waals surface area (Å²) < 4.78 is 21.8. The summed E-state index contributed by atoms with van der Waals surface area (Å²) in [6, 6.07) is 0. The fourth-order valence-electron chi connectivity index (χ4n) is 1.84. The summed E-state index contributed by atoms with van der Waals surface area (Å²) in [6.45, 7) is 5.20. The normalized spacial score (nSPS) is 38.6. The quantitative estimate of drug-likeness (QED) is 0.680. The molecule has 14 heavy (non-hydrogen) atoms. The monoisotopic (exact) mass is 204 g/mol. The third-order valence-corrected chi connectivity index (χ3v) is 2.61. The van der Waals surface area contributed by atoms with Crippen LogP contribution in [0.15, 0.2) is 0 Å². The lowest BCUT2D eigenvalue weighted by Crippen LogP contribution is -2.54. The molecule has 0 aromatic heterocycles. The molecule has 84 valence electrons. The molecule has 4 atom stereocenters. The van der Waals surface area contributed by atoms with Gasteiger partial charge in [0.05, 0.1) is 12.7 Å². The second-order valence-electron chi connectivity index (χ2n) is 3.43. The van der Waals surface area contributed by atoms with Gasteiger partial charge < -0.3 is 18.9 Å². The second kappa shape index (κ2) is 5.66. The smallest absolute Gasteiger partial charge is 0.114 e. The van der Waals surface area contributed by atoms with Gasteiger partial charge in [0.15, 0.2) is 0 Å². The minimum Gasteiger partial charge on any atom is -0.376 e. The van der Waals surface area contributed by atoms with Crippen LogP contribution in [0.2, 0.25) is 0 Å². The highest BCUT2D eigenvalue weighted by atomic mass is 16.6. The standard InChI is InChI=1S/C10H20O4/c1-5-13-10-8(11-3)6-14-7(2)9(10)12-4/h7-10H,5-6H2,1-4H3. The van der Waals surface area contributed by atoms with Gasteiger partial charge in [-0.05, 0) is 13.8 Å². The zero-order valence-electron chi connectivity index (χ0n) is 9.36. The molecule has 0 bridgehead atoms. The van der Waals surface area contributed by atoms with Crippen LogP contribution in [-0.2, 0) is 18.9 Å². The molecule has 1 aliphatic heterocycles. The molecule has 0 aromatic rings. The van der Waals surface area contributed by atoms with E-state index in [-0.39, 0.29) is 24.4 Å². The van der Waals surface area contributed by atoms with Gasteiger partial charge in [-0.25, -0.2) is 0 Å². The first-order chi connectivity index (χ1) is 6.74. The Bertz CT molecular complexity index is 162. The second-order valence-corrected chi connectivity index (χ2v) is 3.43. The molecule has 0 saturated carbocycles. The summed E-state index contributed by atoms with van der Waals surface area (Å²) >= 11 is 0. The molecule has 1 saturated heterocycles. The third-order valence-electron chi connectivity index (χ3n) is 2.61. The molecule has 0 aliphatic carbocycles. The van der Waals surface area contributed by atoms with Crippen LogP contribution >= 0.6 is 0 Å². The van der Waals surface area contributed by atoms with Gasteiger partial charge in [-0.15, -0.1) is 0 Å². The molecule has 4 unspecified atom stereocenters. The van der Waals surface area contributed by atoms with Gasteiger partial charge in [0.1, 0.15) is 18.3 Å². The fraction of sp³-hybridized carbons (Fsp3) is 1.00. The Labute approximate surface area is 85.5 Å². The van der Waals surface area contributed by atoms with E-state index in [0.717, 1.165) is 0 Å². The molecule has 0 N–H and O–H groups in total. The SMILES string of the molecule is CCOC1C(OC)COC(C)C1OC. The van der Waals surface area contributed by atoms with Crippen LogP contribution in [0.1, 0.15) is 13.8 Å². The summed E-state index contributed by atoms with van der Waals surface area (Å²) in [5.41, 5.74) is 0. The lowest BCUT2D eigenvalue weighted by molar-refractivity contribution is -0.212.